The molecule has 6 nitrogen and oxygen atoms in total. The van der Waals surface area contributed by atoms with Gasteiger partial charge in [-0.1, -0.05) is 19.1 Å². The minimum absolute atomic E-state index is 0.157. The van der Waals surface area contributed by atoms with Crippen LogP contribution in [0.25, 0.3) is 0 Å². The summed E-state index contributed by atoms with van der Waals surface area (Å²) in [5.41, 5.74) is 2.33. The molecule has 2 aromatic carbocycles. The molecule has 0 bridgehead atoms. The first-order chi connectivity index (χ1) is 13.6. The molecule has 2 aromatic rings. The lowest BCUT2D eigenvalue weighted by Crippen LogP contribution is -2.48. The zero-order valence-corrected chi connectivity index (χ0v) is 16.5. The average Bonchev–Trinajstić information content (AvgIpc) is 2.74. The van der Waals surface area contributed by atoms with Crippen molar-refractivity contribution in [3.8, 4) is 5.75 Å². The molecule has 0 saturated carbocycles. The second-order valence-corrected chi connectivity index (χ2v) is 6.65. The fourth-order valence-corrected chi connectivity index (χ4v) is 3.34. The van der Waals surface area contributed by atoms with Crippen LogP contribution in [0.1, 0.15) is 30.6 Å². The summed E-state index contributed by atoms with van der Waals surface area (Å²) < 4.78 is 5.42. The molecule has 0 aromatic heterocycles. The molecule has 0 spiro atoms. The third-order valence-electron chi connectivity index (χ3n) is 4.86. The highest BCUT2D eigenvalue weighted by Crippen LogP contribution is 2.27. The third-order valence-corrected chi connectivity index (χ3v) is 4.86. The van der Waals surface area contributed by atoms with Crippen molar-refractivity contribution in [2.75, 3.05) is 43.0 Å². The summed E-state index contributed by atoms with van der Waals surface area (Å²) in [6, 6.07) is 14.9. The molecule has 6 heteroatoms. The Balaban J connectivity index is 1.69. The maximum Gasteiger partial charge on any atom is 0.255 e. The molecule has 1 heterocycles. The summed E-state index contributed by atoms with van der Waals surface area (Å²) in [6.45, 7) is 7.32. The van der Waals surface area contributed by atoms with Gasteiger partial charge in [-0.3, -0.25) is 9.59 Å². The number of nitrogens with zero attached hydrogens (tertiary/aromatic N) is 2. The van der Waals surface area contributed by atoms with E-state index in [1.165, 1.54) is 0 Å². The molecule has 0 radical (unpaired) electrons. The smallest absolute Gasteiger partial charge is 0.255 e. The Morgan fingerprint density at radius 3 is 2.29 bits per heavy atom. The first-order valence-electron chi connectivity index (χ1n) is 9.78. The Bertz CT molecular complexity index is 812. The lowest BCUT2D eigenvalue weighted by atomic mass is 10.1. The minimum Gasteiger partial charge on any atom is -0.494 e. The van der Waals surface area contributed by atoms with Crippen LogP contribution in [0.5, 0.6) is 5.75 Å². The van der Waals surface area contributed by atoms with E-state index in [0.717, 1.165) is 30.2 Å². The van der Waals surface area contributed by atoms with Crippen LogP contribution in [-0.2, 0) is 4.79 Å². The Morgan fingerprint density at radius 1 is 0.964 bits per heavy atom. The second kappa shape index (κ2) is 9.26. The van der Waals surface area contributed by atoms with Crippen molar-refractivity contribution >= 4 is 23.2 Å². The van der Waals surface area contributed by atoms with Crippen molar-refractivity contribution in [1.29, 1.82) is 0 Å². The number of hydrogen-bond donors (Lipinski definition) is 1. The van der Waals surface area contributed by atoms with Gasteiger partial charge in [-0.25, -0.2) is 0 Å². The summed E-state index contributed by atoms with van der Waals surface area (Å²) in [7, 11) is 0. The van der Waals surface area contributed by atoms with Gasteiger partial charge in [0.25, 0.3) is 5.91 Å². The molecule has 0 unspecified atom stereocenters. The number of carbonyl (C=O) groups excluding carboxylic acids is 2. The van der Waals surface area contributed by atoms with Crippen molar-refractivity contribution < 1.29 is 14.3 Å². The summed E-state index contributed by atoms with van der Waals surface area (Å²) >= 11 is 0. The zero-order chi connectivity index (χ0) is 19.9. The maximum absolute atomic E-state index is 12.7. The van der Waals surface area contributed by atoms with Gasteiger partial charge < -0.3 is 19.9 Å². The molecular weight excluding hydrogens is 354 g/mol. The summed E-state index contributed by atoms with van der Waals surface area (Å²) in [5.74, 6) is 0.783. The molecule has 1 fully saturated rings. The Kier molecular flexibility index (Phi) is 6.53. The molecule has 0 aliphatic carbocycles. The van der Waals surface area contributed by atoms with Crippen LogP contribution in [0, 0.1) is 0 Å². The molecule has 3 rings (SSSR count). The summed E-state index contributed by atoms with van der Waals surface area (Å²) in [6.07, 6.45) is 0.536. The van der Waals surface area contributed by atoms with Gasteiger partial charge in [-0.2, -0.15) is 0 Å². The topological polar surface area (TPSA) is 61.9 Å². The van der Waals surface area contributed by atoms with Gasteiger partial charge in [0, 0.05) is 38.2 Å². The van der Waals surface area contributed by atoms with Crippen LogP contribution in [0.3, 0.4) is 0 Å². The molecule has 1 N–H and O–H groups in total. The number of rotatable bonds is 6. The van der Waals surface area contributed by atoms with Crippen molar-refractivity contribution in [2.24, 2.45) is 0 Å². The summed E-state index contributed by atoms with van der Waals surface area (Å²) in [4.78, 5) is 28.7. The van der Waals surface area contributed by atoms with Gasteiger partial charge >= 0.3 is 0 Å². The van der Waals surface area contributed by atoms with Gasteiger partial charge in [0.05, 0.1) is 18.0 Å². The number of anilines is 2. The lowest BCUT2D eigenvalue weighted by Gasteiger charge is -2.36. The van der Waals surface area contributed by atoms with E-state index in [9.17, 15) is 9.59 Å². The lowest BCUT2D eigenvalue weighted by molar-refractivity contribution is -0.131. The van der Waals surface area contributed by atoms with E-state index in [0.29, 0.717) is 31.7 Å². The number of benzene rings is 2. The summed E-state index contributed by atoms with van der Waals surface area (Å²) in [5, 5.41) is 3.02. The van der Waals surface area contributed by atoms with E-state index in [1.807, 2.05) is 43.0 Å². The number of para-hydroxylation sites is 2. The molecule has 148 valence electrons. The number of hydrogen-bond acceptors (Lipinski definition) is 4. The van der Waals surface area contributed by atoms with E-state index in [4.69, 9.17) is 4.74 Å². The minimum atomic E-state index is -0.157. The van der Waals surface area contributed by atoms with Crippen molar-refractivity contribution in [3.63, 3.8) is 0 Å². The molecular formula is C22H27N3O3. The predicted octanol–water partition coefficient (Wildman–Crippen LogP) is 3.40. The van der Waals surface area contributed by atoms with Gasteiger partial charge in [0.15, 0.2) is 0 Å². The molecule has 1 aliphatic rings. The quantitative estimate of drug-likeness (QED) is 0.833. The van der Waals surface area contributed by atoms with Crippen LogP contribution in [0.15, 0.2) is 48.5 Å². The van der Waals surface area contributed by atoms with Crippen molar-refractivity contribution in [1.82, 2.24) is 4.90 Å². The maximum atomic E-state index is 12.7. The number of piperazine rings is 1. The normalized spacial score (nSPS) is 13.9. The van der Waals surface area contributed by atoms with Gasteiger partial charge in [0.1, 0.15) is 5.75 Å². The van der Waals surface area contributed by atoms with Crippen LogP contribution >= 0.6 is 0 Å². The Morgan fingerprint density at radius 2 is 1.64 bits per heavy atom. The van der Waals surface area contributed by atoms with Crippen LogP contribution in [-0.4, -0.2) is 49.5 Å². The van der Waals surface area contributed by atoms with E-state index >= 15 is 0 Å². The number of ether oxygens (including phenoxy) is 1. The standard InChI is InChI=1S/C22H27N3O3/c1-3-21(26)25-15-13-24(14-16-25)20-8-6-5-7-19(20)23-22(27)17-9-11-18(12-10-17)28-4-2/h5-12H,3-4,13-16H2,1-2H3,(H,23,27). The third kappa shape index (κ3) is 4.63. The van der Waals surface area contributed by atoms with Crippen molar-refractivity contribution in [2.45, 2.75) is 20.3 Å². The average molecular weight is 381 g/mol. The van der Waals surface area contributed by atoms with Gasteiger partial charge in [-0.05, 0) is 43.3 Å². The molecule has 2 amide bonds. The first-order valence-corrected chi connectivity index (χ1v) is 9.78. The number of carbonyl (C=O) groups is 2. The van der Waals surface area contributed by atoms with Crippen LogP contribution in [0.2, 0.25) is 0 Å². The van der Waals surface area contributed by atoms with Crippen molar-refractivity contribution in [3.05, 3.63) is 54.1 Å². The molecule has 28 heavy (non-hydrogen) atoms. The van der Waals surface area contributed by atoms with Crippen LogP contribution in [0.4, 0.5) is 11.4 Å². The van der Waals surface area contributed by atoms with E-state index in [-0.39, 0.29) is 11.8 Å². The van der Waals surface area contributed by atoms with E-state index in [1.54, 1.807) is 24.3 Å². The zero-order valence-electron chi connectivity index (χ0n) is 16.5. The highest BCUT2D eigenvalue weighted by molar-refractivity contribution is 6.06. The second-order valence-electron chi connectivity index (χ2n) is 6.65. The van der Waals surface area contributed by atoms with Crippen LogP contribution < -0.4 is 15.0 Å². The predicted molar refractivity (Wildman–Crippen MR) is 111 cm³/mol. The fraction of sp³-hybridized carbons (Fsp3) is 0.364. The van der Waals surface area contributed by atoms with E-state index < -0.39 is 0 Å². The largest absolute Gasteiger partial charge is 0.494 e. The highest BCUT2D eigenvalue weighted by atomic mass is 16.5. The van der Waals surface area contributed by atoms with E-state index in [2.05, 4.69) is 10.2 Å². The van der Waals surface area contributed by atoms with Gasteiger partial charge in [0.2, 0.25) is 5.91 Å². The molecule has 1 saturated heterocycles. The Labute approximate surface area is 166 Å². The fourth-order valence-electron chi connectivity index (χ4n) is 3.34. The molecule has 1 aliphatic heterocycles. The Hall–Kier alpha value is -3.02. The first kappa shape index (κ1) is 19.7. The monoisotopic (exact) mass is 381 g/mol. The number of amides is 2. The number of nitrogens with one attached hydrogen (secondary N) is 1. The van der Waals surface area contributed by atoms with Gasteiger partial charge in [-0.15, -0.1) is 0 Å². The molecule has 0 atom stereocenters. The highest BCUT2D eigenvalue weighted by Gasteiger charge is 2.22. The SMILES string of the molecule is CCOc1ccc(C(=O)Nc2ccccc2N2CCN(C(=O)CC)CC2)cc1.